The van der Waals surface area contributed by atoms with Crippen LogP contribution >= 0.6 is 11.8 Å². The second-order valence-corrected chi connectivity index (χ2v) is 6.04. The molecule has 0 aliphatic rings. The van der Waals surface area contributed by atoms with Gasteiger partial charge in [-0.05, 0) is 67.1 Å². The van der Waals surface area contributed by atoms with Crippen LogP contribution < -0.4 is 5.32 Å². The first-order valence-electron chi connectivity index (χ1n) is 7.29. The number of benzene rings is 2. The number of rotatable bonds is 6. The molecule has 0 aromatic heterocycles. The molecule has 1 nitrogen and oxygen atoms in total. The molecule has 0 radical (unpaired) electrons. The van der Waals surface area contributed by atoms with Crippen molar-refractivity contribution in [2.45, 2.75) is 31.2 Å². The van der Waals surface area contributed by atoms with Gasteiger partial charge >= 0.3 is 0 Å². The molecule has 2 rings (SSSR count). The van der Waals surface area contributed by atoms with E-state index in [1.807, 2.05) is 13.0 Å². The SMILES string of the molecule is CCCNC(c1ccc(SC)cc1)c1cc(F)ccc1C. The number of aryl methyl sites for hydroxylation is 1. The summed E-state index contributed by atoms with van der Waals surface area (Å²) < 4.78 is 13.6. The average molecular weight is 303 g/mol. The third-order valence-electron chi connectivity index (χ3n) is 3.60. The van der Waals surface area contributed by atoms with Gasteiger partial charge in [-0.15, -0.1) is 11.8 Å². The van der Waals surface area contributed by atoms with Gasteiger partial charge in [0.05, 0.1) is 6.04 Å². The van der Waals surface area contributed by atoms with Gasteiger partial charge in [0, 0.05) is 4.90 Å². The van der Waals surface area contributed by atoms with Gasteiger partial charge in [-0.3, -0.25) is 0 Å². The van der Waals surface area contributed by atoms with Gasteiger partial charge in [0.1, 0.15) is 5.82 Å². The first kappa shape index (κ1) is 16.1. The van der Waals surface area contributed by atoms with Gasteiger partial charge in [-0.25, -0.2) is 4.39 Å². The van der Waals surface area contributed by atoms with Gasteiger partial charge in [0.25, 0.3) is 0 Å². The van der Waals surface area contributed by atoms with Crippen LogP contribution in [-0.4, -0.2) is 12.8 Å². The molecule has 0 spiro atoms. The molecule has 0 bridgehead atoms. The summed E-state index contributed by atoms with van der Waals surface area (Å²) in [6.45, 7) is 5.08. The van der Waals surface area contributed by atoms with E-state index < -0.39 is 0 Å². The highest BCUT2D eigenvalue weighted by Gasteiger charge is 2.16. The zero-order valence-electron chi connectivity index (χ0n) is 12.8. The molecule has 0 fully saturated rings. The number of hydrogen-bond donors (Lipinski definition) is 1. The van der Waals surface area contributed by atoms with Crippen molar-refractivity contribution in [1.29, 1.82) is 0 Å². The third kappa shape index (κ3) is 4.08. The average Bonchev–Trinajstić information content (AvgIpc) is 2.51. The van der Waals surface area contributed by atoms with Crippen molar-refractivity contribution in [3.63, 3.8) is 0 Å². The first-order valence-corrected chi connectivity index (χ1v) is 8.51. The van der Waals surface area contributed by atoms with E-state index in [9.17, 15) is 4.39 Å². The number of nitrogens with one attached hydrogen (secondary N) is 1. The molecular formula is C18H22FNS. The van der Waals surface area contributed by atoms with Crippen molar-refractivity contribution in [2.24, 2.45) is 0 Å². The van der Waals surface area contributed by atoms with E-state index in [1.54, 1.807) is 17.8 Å². The molecule has 0 saturated carbocycles. The van der Waals surface area contributed by atoms with E-state index in [-0.39, 0.29) is 11.9 Å². The Hall–Kier alpha value is -1.32. The van der Waals surface area contributed by atoms with Crippen molar-refractivity contribution in [1.82, 2.24) is 5.32 Å². The van der Waals surface area contributed by atoms with E-state index >= 15 is 0 Å². The fourth-order valence-corrected chi connectivity index (χ4v) is 2.82. The van der Waals surface area contributed by atoms with Crippen molar-refractivity contribution >= 4 is 11.8 Å². The predicted octanol–water partition coefficient (Wildman–Crippen LogP) is 4.95. The van der Waals surface area contributed by atoms with Crippen LogP contribution in [0.15, 0.2) is 47.4 Å². The summed E-state index contributed by atoms with van der Waals surface area (Å²) in [4.78, 5) is 1.24. The summed E-state index contributed by atoms with van der Waals surface area (Å²) in [7, 11) is 0. The van der Waals surface area contributed by atoms with E-state index in [2.05, 4.69) is 42.8 Å². The molecule has 0 saturated heterocycles. The van der Waals surface area contributed by atoms with E-state index in [0.717, 1.165) is 24.1 Å². The molecule has 1 atom stereocenters. The lowest BCUT2D eigenvalue weighted by Crippen LogP contribution is -2.24. The molecule has 112 valence electrons. The van der Waals surface area contributed by atoms with E-state index in [4.69, 9.17) is 0 Å². The van der Waals surface area contributed by atoms with Crippen molar-refractivity contribution in [3.05, 3.63) is 65.0 Å². The Kier molecular flexibility index (Phi) is 5.83. The maximum absolute atomic E-state index is 13.6. The summed E-state index contributed by atoms with van der Waals surface area (Å²) in [6, 6.07) is 13.5. The molecule has 0 aliphatic carbocycles. The van der Waals surface area contributed by atoms with Crippen LogP contribution in [0.4, 0.5) is 4.39 Å². The van der Waals surface area contributed by atoms with Crippen molar-refractivity contribution in [2.75, 3.05) is 12.8 Å². The van der Waals surface area contributed by atoms with Crippen LogP contribution in [0.5, 0.6) is 0 Å². The Bertz CT molecular complexity index is 580. The number of hydrogen-bond acceptors (Lipinski definition) is 2. The molecule has 2 aromatic carbocycles. The monoisotopic (exact) mass is 303 g/mol. The van der Waals surface area contributed by atoms with Crippen LogP contribution in [0.2, 0.25) is 0 Å². The highest BCUT2D eigenvalue weighted by molar-refractivity contribution is 7.98. The van der Waals surface area contributed by atoms with Crippen LogP contribution in [0.25, 0.3) is 0 Å². The van der Waals surface area contributed by atoms with Crippen LogP contribution in [-0.2, 0) is 0 Å². The Labute approximate surface area is 131 Å². The van der Waals surface area contributed by atoms with Gasteiger partial charge in [0.2, 0.25) is 0 Å². The summed E-state index contributed by atoms with van der Waals surface area (Å²) in [6.07, 6.45) is 3.12. The molecule has 3 heteroatoms. The minimum absolute atomic E-state index is 0.0385. The molecule has 0 amide bonds. The maximum Gasteiger partial charge on any atom is 0.123 e. The Morgan fingerprint density at radius 1 is 1.14 bits per heavy atom. The largest absolute Gasteiger partial charge is 0.306 e. The molecular weight excluding hydrogens is 281 g/mol. The molecule has 2 aromatic rings. The van der Waals surface area contributed by atoms with Crippen molar-refractivity contribution in [3.8, 4) is 0 Å². The second-order valence-electron chi connectivity index (χ2n) is 5.16. The van der Waals surface area contributed by atoms with Crippen LogP contribution in [0.3, 0.4) is 0 Å². The minimum Gasteiger partial charge on any atom is -0.306 e. The van der Waals surface area contributed by atoms with Crippen LogP contribution in [0, 0.1) is 12.7 Å². The highest BCUT2D eigenvalue weighted by Crippen LogP contribution is 2.27. The van der Waals surface area contributed by atoms with Gasteiger partial charge in [-0.2, -0.15) is 0 Å². The lowest BCUT2D eigenvalue weighted by atomic mass is 9.94. The predicted molar refractivity (Wildman–Crippen MR) is 89.5 cm³/mol. The Morgan fingerprint density at radius 3 is 2.48 bits per heavy atom. The lowest BCUT2D eigenvalue weighted by Gasteiger charge is -2.22. The number of thioether (sulfide) groups is 1. The molecule has 0 heterocycles. The number of halogens is 1. The summed E-state index contributed by atoms with van der Waals surface area (Å²) in [5.74, 6) is -0.181. The van der Waals surface area contributed by atoms with Gasteiger partial charge in [0.15, 0.2) is 0 Å². The zero-order chi connectivity index (χ0) is 15.2. The minimum atomic E-state index is -0.181. The van der Waals surface area contributed by atoms with E-state index in [1.165, 1.54) is 16.5 Å². The second kappa shape index (κ2) is 7.62. The Balaban J connectivity index is 2.38. The first-order chi connectivity index (χ1) is 10.2. The van der Waals surface area contributed by atoms with Crippen molar-refractivity contribution < 1.29 is 4.39 Å². The topological polar surface area (TPSA) is 12.0 Å². The standard InChI is InChI=1S/C18H22FNS/c1-4-11-20-18(14-6-9-16(21-3)10-7-14)17-12-15(19)8-5-13(17)2/h5-10,12,18,20H,4,11H2,1-3H3. The molecule has 21 heavy (non-hydrogen) atoms. The van der Waals surface area contributed by atoms with Crippen LogP contribution in [0.1, 0.15) is 36.1 Å². The zero-order valence-corrected chi connectivity index (χ0v) is 13.6. The Morgan fingerprint density at radius 2 is 1.86 bits per heavy atom. The van der Waals surface area contributed by atoms with Gasteiger partial charge in [-0.1, -0.05) is 25.1 Å². The summed E-state index contributed by atoms with van der Waals surface area (Å²) in [5, 5.41) is 3.53. The van der Waals surface area contributed by atoms with Gasteiger partial charge < -0.3 is 5.32 Å². The molecule has 0 aliphatic heterocycles. The molecule has 1 N–H and O–H groups in total. The fourth-order valence-electron chi connectivity index (χ4n) is 2.41. The quantitative estimate of drug-likeness (QED) is 0.758. The summed E-state index contributed by atoms with van der Waals surface area (Å²) >= 11 is 1.73. The smallest absolute Gasteiger partial charge is 0.123 e. The molecule has 1 unspecified atom stereocenters. The lowest BCUT2D eigenvalue weighted by molar-refractivity contribution is 0.583. The fraction of sp³-hybridized carbons (Fsp3) is 0.333. The highest BCUT2D eigenvalue weighted by atomic mass is 32.2. The van der Waals surface area contributed by atoms with E-state index in [0.29, 0.717) is 0 Å². The normalized spacial score (nSPS) is 12.4. The maximum atomic E-state index is 13.6. The summed E-state index contributed by atoms with van der Waals surface area (Å²) in [5.41, 5.74) is 3.30. The third-order valence-corrected chi connectivity index (χ3v) is 4.34.